The molecular weight excluding hydrogens is 372 g/mol. The summed E-state index contributed by atoms with van der Waals surface area (Å²) in [7, 11) is 0. The fraction of sp³-hybridized carbons (Fsp3) is 0.278. The highest BCUT2D eigenvalue weighted by molar-refractivity contribution is 7.99. The van der Waals surface area contributed by atoms with E-state index in [-0.39, 0.29) is 12.7 Å². The van der Waals surface area contributed by atoms with E-state index in [2.05, 4.69) is 15.5 Å². The molecule has 0 saturated carbocycles. The lowest BCUT2D eigenvalue weighted by molar-refractivity contribution is 0.00621. The van der Waals surface area contributed by atoms with Crippen LogP contribution in [0.25, 0.3) is 5.69 Å². The Labute approximate surface area is 161 Å². The maximum atomic E-state index is 10.2. The summed E-state index contributed by atoms with van der Waals surface area (Å²) in [6.07, 6.45) is -0.753. The van der Waals surface area contributed by atoms with E-state index in [4.69, 9.17) is 16.3 Å². The molecule has 1 N–H and O–H groups in total. The highest BCUT2D eigenvalue weighted by atomic mass is 35.5. The van der Waals surface area contributed by atoms with Crippen LogP contribution in [0.15, 0.2) is 59.8 Å². The number of thioether (sulfide) groups is 1. The molecule has 0 saturated heterocycles. The van der Waals surface area contributed by atoms with Gasteiger partial charge in [-0.25, -0.2) is 0 Å². The van der Waals surface area contributed by atoms with Gasteiger partial charge in [-0.2, -0.15) is 4.68 Å². The first-order chi connectivity index (χ1) is 12.6. The Bertz CT molecular complexity index is 814. The summed E-state index contributed by atoms with van der Waals surface area (Å²) in [5.41, 5.74) is 1.89. The smallest absolute Gasteiger partial charge is 0.214 e. The van der Waals surface area contributed by atoms with Crippen LogP contribution in [0.2, 0.25) is 5.02 Å². The van der Waals surface area contributed by atoms with E-state index in [0.29, 0.717) is 15.9 Å². The number of hydrogen-bond acceptors (Lipinski definition) is 6. The van der Waals surface area contributed by atoms with Crippen LogP contribution in [0, 0.1) is 0 Å². The average molecular weight is 391 g/mol. The van der Waals surface area contributed by atoms with Gasteiger partial charge in [0.25, 0.3) is 0 Å². The number of aromatic nitrogens is 4. The fourth-order valence-electron chi connectivity index (χ4n) is 2.30. The third-order valence-electron chi connectivity index (χ3n) is 3.72. The Kier molecular flexibility index (Phi) is 6.62. The van der Waals surface area contributed by atoms with Gasteiger partial charge < -0.3 is 9.84 Å². The van der Waals surface area contributed by atoms with E-state index in [1.807, 2.05) is 61.5 Å². The lowest BCUT2D eigenvalue weighted by atomic mass is 10.1. The highest BCUT2D eigenvalue weighted by Crippen LogP contribution is 2.21. The molecule has 0 radical (unpaired) electrons. The van der Waals surface area contributed by atoms with Crippen molar-refractivity contribution in [1.82, 2.24) is 20.2 Å². The second-order valence-corrected chi connectivity index (χ2v) is 7.12. The summed E-state index contributed by atoms with van der Waals surface area (Å²) in [6, 6.07) is 17.1. The third-order valence-corrected chi connectivity index (χ3v) is 5.04. The van der Waals surface area contributed by atoms with Crippen molar-refractivity contribution in [2.45, 2.75) is 24.3 Å². The number of para-hydroxylation sites is 1. The number of halogens is 1. The molecule has 0 aliphatic carbocycles. The molecule has 3 rings (SSSR count). The Morgan fingerprint density at radius 2 is 1.88 bits per heavy atom. The second kappa shape index (κ2) is 9.14. The molecule has 0 spiro atoms. The number of nitrogens with zero attached hydrogens (tertiary/aromatic N) is 4. The Morgan fingerprint density at radius 1 is 1.15 bits per heavy atom. The molecule has 0 fully saturated rings. The number of hydrogen-bond donors (Lipinski definition) is 1. The molecule has 136 valence electrons. The standard InChI is InChI=1S/C18H19ClN4O2S/c1-13(14-7-9-15(19)10-8-14)25-11-17(24)12-26-18-20-21-22-23(18)16-5-3-2-4-6-16/h2-10,13,17,24H,11-12H2,1H3/t13-,17+/m0/s1. The van der Waals surface area contributed by atoms with Crippen LogP contribution in [0.4, 0.5) is 0 Å². The molecule has 0 amide bonds. The van der Waals surface area contributed by atoms with Gasteiger partial charge in [0.2, 0.25) is 5.16 Å². The molecule has 2 atom stereocenters. The van der Waals surface area contributed by atoms with E-state index in [1.165, 1.54) is 11.8 Å². The van der Waals surface area contributed by atoms with Gasteiger partial charge in [-0.15, -0.1) is 5.10 Å². The van der Waals surface area contributed by atoms with Crippen molar-refractivity contribution in [1.29, 1.82) is 0 Å². The van der Waals surface area contributed by atoms with Crippen LogP contribution in [-0.2, 0) is 4.74 Å². The summed E-state index contributed by atoms with van der Waals surface area (Å²) in [6.45, 7) is 2.17. The van der Waals surface area contributed by atoms with Gasteiger partial charge >= 0.3 is 0 Å². The molecule has 8 heteroatoms. The zero-order valence-corrected chi connectivity index (χ0v) is 15.8. The first-order valence-corrected chi connectivity index (χ1v) is 9.51. The lowest BCUT2D eigenvalue weighted by Gasteiger charge is -2.16. The van der Waals surface area contributed by atoms with Crippen LogP contribution in [0.3, 0.4) is 0 Å². The predicted molar refractivity (Wildman–Crippen MR) is 102 cm³/mol. The number of aliphatic hydroxyl groups is 1. The van der Waals surface area contributed by atoms with Crippen molar-refractivity contribution >= 4 is 23.4 Å². The molecule has 1 aromatic heterocycles. The summed E-state index contributed by atoms with van der Waals surface area (Å²) >= 11 is 7.27. The Balaban J connectivity index is 1.50. The molecule has 0 unspecified atom stereocenters. The molecule has 0 aliphatic rings. The lowest BCUT2D eigenvalue weighted by Crippen LogP contribution is -2.19. The van der Waals surface area contributed by atoms with Gasteiger partial charge in [-0.1, -0.05) is 53.7 Å². The zero-order valence-electron chi connectivity index (χ0n) is 14.2. The molecule has 1 heterocycles. The Morgan fingerprint density at radius 3 is 2.62 bits per heavy atom. The molecule has 0 aliphatic heterocycles. The van der Waals surface area contributed by atoms with Gasteiger partial charge in [0.15, 0.2) is 0 Å². The average Bonchev–Trinajstić information content (AvgIpc) is 3.14. The van der Waals surface area contributed by atoms with Crippen LogP contribution in [-0.4, -0.2) is 43.8 Å². The topological polar surface area (TPSA) is 73.1 Å². The maximum absolute atomic E-state index is 10.2. The van der Waals surface area contributed by atoms with E-state index < -0.39 is 6.10 Å². The molecule has 3 aromatic rings. The Hall–Kier alpha value is -1.93. The largest absolute Gasteiger partial charge is 0.390 e. The highest BCUT2D eigenvalue weighted by Gasteiger charge is 2.14. The van der Waals surface area contributed by atoms with Crippen molar-refractivity contribution in [3.05, 3.63) is 65.2 Å². The van der Waals surface area contributed by atoms with Crippen LogP contribution in [0.1, 0.15) is 18.6 Å². The van der Waals surface area contributed by atoms with Gasteiger partial charge in [0.1, 0.15) is 0 Å². The van der Waals surface area contributed by atoms with E-state index in [9.17, 15) is 5.11 Å². The van der Waals surface area contributed by atoms with Gasteiger partial charge in [0, 0.05) is 10.8 Å². The third kappa shape index (κ3) is 5.04. The zero-order chi connectivity index (χ0) is 18.4. The summed E-state index contributed by atoms with van der Waals surface area (Å²) in [5, 5.41) is 23.2. The number of tetrazole rings is 1. The van der Waals surface area contributed by atoms with Gasteiger partial charge in [-0.3, -0.25) is 0 Å². The first-order valence-electron chi connectivity index (χ1n) is 8.15. The van der Waals surface area contributed by atoms with Crippen LogP contribution >= 0.6 is 23.4 Å². The first kappa shape index (κ1) is 18.8. The molecule has 2 aromatic carbocycles. The van der Waals surface area contributed by atoms with Crippen LogP contribution in [0.5, 0.6) is 0 Å². The summed E-state index contributed by atoms with van der Waals surface area (Å²) < 4.78 is 7.40. The molecular formula is C18H19ClN4O2S. The van der Waals surface area contributed by atoms with Crippen molar-refractivity contribution in [3.63, 3.8) is 0 Å². The van der Waals surface area contributed by atoms with Crippen molar-refractivity contribution in [3.8, 4) is 5.69 Å². The molecule has 0 bridgehead atoms. The van der Waals surface area contributed by atoms with Gasteiger partial charge in [-0.05, 0) is 47.2 Å². The monoisotopic (exact) mass is 390 g/mol. The molecule has 6 nitrogen and oxygen atoms in total. The van der Waals surface area contributed by atoms with Crippen LogP contribution < -0.4 is 0 Å². The van der Waals surface area contributed by atoms with E-state index in [1.54, 1.807) is 4.68 Å². The van der Waals surface area contributed by atoms with Crippen molar-refractivity contribution in [2.24, 2.45) is 0 Å². The fourth-order valence-corrected chi connectivity index (χ4v) is 3.23. The minimum absolute atomic E-state index is 0.124. The number of rotatable bonds is 8. The van der Waals surface area contributed by atoms with E-state index >= 15 is 0 Å². The minimum atomic E-state index is -0.629. The van der Waals surface area contributed by atoms with Crippen molar-refractivity contribution < 1.29 is 9.84 Å². The number of aliphatic hydroxyl groups excluding tert-OH is 1. The quantitative estimate of drug-likeness (QED) is 0.593. The SMILES string of the molecule is C[C@H](OC[C@@H](O)CSc1nnnn1-c1ccccc1)c1ccc(Cl)cc1. The van der Waals surface area contributed by atoms with Gasteiger partial charge in [0.05, 0.1) is 24.5 Å². The maximum Gasteiger partial charge on any atom is 0.214 e. The number of ether oxygens (including phenoxy) is 1. The van der Waals surface area contributed by atoms with E-state index in [0.717, 1.165) is 11.3 Å². The minimum Gasteiger partial charge on any atom is -0.390 e. The summed E-state index contributed by atoms with van der Waals surface area (Å²) in [4.78, 5) is 0. The number of benzene rings is 2. The summed E-state index contributed by atoms with van der Waals surface area (Å²) in [5.74, 6) is 0.431. The predicted octanol–water partition coefficient (Wildman–Crippen LogP) is 3.55. The molecule has 26 heavy (non-hydrogen) atoms. The normalized spacial score (nSPS) is 13.5. The second-order valence-electron chi connectivity index (χ2n) is 5.70. The van der Waals surface area contributed by atoms with Crippen molar-refractivity contribution in [2.75, 3.05) is 12.4 Å².